The van der Waals surface area contributed by atoms with E-state index in [0.717, 1.165) is 22.2 Å². The van der Waals surface area contributed by atoms with E-state index in [4.69, 9.17) is 20.8 Å². The van der Waals surface area contributed by atoms with E-state index in [-0.39, 0.29) is 11.5 Å². The third kappa shape index (κ3) is 6.71. The Balaban J connectivity index is 0.000000356. The molecular weight excluding hydrogens is 509 g/mol. The molecule has 1 atom stereocenters. The van der Waals surface area contributed by atoms with E-state index in [0.29, 0.717) is 25.1 Å². The summed E-state index contributed by atoms with van der Waals surface area (Å²) in [5.74, 6) is -0.677. The largest absolute Gasteiger partial charge is 0.508 e. The highest BCUT2D eigenvalue weighted by Crippen LogP contribution is 2.42. The van der Waals surface area contributed by atoms with Crippen LogP contribution in [0.1, 0.15) is 53.2 Å². The second kappa shape index (κ2) is 11.4. The molecule has 4 rings (SSSR count). The number of furan rings is 1. The number of benzene rings is 2. The molecule has 0 saturated carbocycles. The van der Waals surface area contributed by atoms with Crippen molar-refractivity contribution < 1.29 is 32.2 Å². The SMILES string of the molecule is CCC1c2c(cc(O)cc2OC)CCN1C(=O)Nc1cc(C)oc1C(F)(F)F.Cc1cc(C)cc(Cl)c1. The number of halogens is 4. The van der Waals surface area contributed by atoms with Crippen molar-refractivity contribution >= 4 is 23.3 Å². The van der Waals surface area contributed by atoms with Crippen molar-refractivity contribution in [1.82, 2.24) is 4.90 Å². The third-order valence-electron chi connectivity index (χ3n) is 5.95. The number of hydrogen-bond acceptors (Lipinski definition) is 4. The van der Waals surface area contributed by atoms with Gasteiger partial charge >= 0.3 is 12.2 Å². The molecule has 10 heteroatoms. The number of nitrogens with one attached hydrogen (secondary N) is 1. The fourth-order valence-electron chi connectivity index (χ4n) is 4.57. The summed E-state index contributed by atoms with van der Waals surface area (Å²) in [6.07, 6.45) is -3.74. The summed E-state index contributed by atoms with van der Waals surface area (Å²) >= 11 is 5.75. The second-order valence-electron chi connectivity index (χ2n) is 8.92. The minimum atomic E-state index is -4.71. The molecule has 200 valence electrons. The van der Waals surface area contributed by atoms with Crippen LogP contribution in [0.2, 0.25) is 5.02 Å². The molecule has 1 unspecified atom stereocenters. The first-order valence-corrected chi connectivity index (χ1v) is 12.1. The molecule has 3 aromatic rings. The first kappa shape index (κ1) is 28.2. The van der Waals surface area contributed by atoms with Crippen molar-refractivity contribution in [2.24, 2.45) is 0 Å². The van der Waals surface area contributed by atoms with Gasteiger partial charge in [0, 0.05) is 29.3 Å². The van der Waals surface area contributed by atoms with Gasteiger partial charge in [-0.2, -0.15) is 13.2 Å². The number of rotatable bonds is 3. The number of ether oxygens (including phenoxy) is 1. The molecule has 0 fully saturated rings. The number of nitrogens with zero attached hydrogens (tertiary/aromatic N) is 1. The maximum absolute atomic E-state index is 13.1. The topological polar surface area (TPSA) is 74.9 Å². The molecule has 1 aliphatic heterocycles. The number of fused-ring (bicyclic) bond motifs is 1. The van der Waals surface area contributed by atoms with Crippen LogP contribution in [0.25, 0.3) is 0 Å². The minimum Gasteiger partial charge on any atom is -0.508 e. The Morgan fingerprint density at radius 3 is 2.35 bits per heavy atom. The molecule has 37 heavy (non-hydrogen) atoms. The number of methoxy groups -OCH3 is 1. The maximum Gasteiger partial charge on any atom is 0.451 e. The van der Waals surface area contributed by atoms with Crippen molar-refractivity contribution in [2.45, 2.75) is 52.8 Å². The van der Waals surface area contributed by atoms with Gasteiger partial charge in [-0.1, -0.05) is 24.6 Å². The monoisotopic (exact) mass is 538 g/mol. The van der Waals surface area contributed by atoms with Crippen LogP contribution in [-0.4, -0.2) is 29.7 Å². The minimum absolute atomic E-state index is 0.0517. The Kier molecular flexibility index (Phi) is 8.68. The highest BCUT2D eigenvalue weighted by Gasteiger charge is 2.40. The molecule has 0 saturated heterocycles. The quantitative estimate of drug-likeness (QED) is 0.356. The van der Waals surface area contributed by atoms with Gasteiger partial charge in [0.25, 0.3) is 0 Å². The smallest absolute Gasteiger partial charge is 0.451 e. The number of urea groups is 1. The van der Waals surface area contributed by atoms with Crippen molar-refractivity contribution in [3.05, 3.63) is 75.2 Å². The maximum atomic E-state index is 13.1. The number of carbonyl (C=O) groups is 1. The van der Waals surface area contributed by atoms with Gasteiger partial charge in [-0.15, -0.1) is 0 Å². The zero-order valence-corrected chi connectivity index (χ0v) is 22.0. The summed E-state index contributed by atoms with van der Waals surface area (Å²) in [4.78, 5) is 14.3. The number of phenolic OH excluding ortho intramolecular Hbond substituents is 1. The van der Waals surface area contributed by atoms with Gasteiger partial charge in [0.15, 0.2) is 0 Å². The fourth-order valence-corrected chi connectivity index (χ4v) is 4.91. The Morgan fingerprint density at radius 2 is 1.81 bits per heavy atom. The Hall–Kier alpha value is -3.33. The van der Waals surface area contributed by atoms with Crippen LogP contribution in [0.4, 0.5) is 23.7 Å². The van der Waals surface area contributed by atoms with Gasteiger partial charge in [0.2, 0.25) is 5.76 Å². The van der Waals surface area contributed by atoms with Gasteiger partial charge in [0.1, 0.15) is 17.3 Å². The van der Waals surface area contributed by atoms with E-state index in [1.54, 1.807) is 6.07 Å². The lowest BCUT2D eigenvalue weighted by atomic mass is 9.90. The van der Waals surface area contributed by atoms with E-state index in [1.807, 2.05) is 32.9 Å². The van der Waals surface area contributed by atoms with Crippen molar-refractivity contribution in [3.8, 4) is 11.5 Å². The molecular formula is C27H30ClF3N2O4. The van der Waals surface area contributed by atoms with Crippen LogP contribution in [-0.2, 0) is 12.6 Å². The van der Waals surface area contributed by atoms with Crippen LogP contribution >= 0.6 is 11.6 Å². The molecule has 0 aliphatic carbocycles. The second-order valence-corrected chi connectivity index (χ2v) is 9.36. The van der Waals surface area contributed by atoms with Crippen LogP contribution in [0.15, 0.2) is 40.8 Å². The number of carbonyl (C=O) groups excluding carboxylic acids is 1. The number of alkyl halides is 3. The molecule has 0 spiro atoms. The summed E-state index contributed by atoms with van der Waals surface area (Å²) in [5.41, 5.74) is 3.64. The molecule has 6 nitrogen and oxygen atoms in total. The first-order chi connectivity index (χ1) is 17.3. The van der Waals surface area contributed by atoms with Gasteiger partial charge in [0.05, 0.1) is 18.8 Å². The number of hydrogen-bond donors (Lipinski definition) is 2. The average Bonchev–Trinajstić information content (AvgIpc) is 3.17. The molecule has 2 N–H and O–H groups in total. The predicted octanol–water partition coefficient (Wildman–Crippen LogP) is 7.82. The predicted molar refractivity (Wildman–Crippen MR) is 136 cm³/mol. The summed E-state index contributed by atoms with van der Waals surface area (Å²) in [6.45, 7) is 7.63. The Morgan fingerprint density at radius 1 is 1.16 bits per heavy atom. The molecule has 1 aliphatic rings. The number of phenols is 1. The van der Waals surface area contributed by atoms with Crippen molar-refractivity contribution in [3.63, 3.8) is 0 Å². The number of aromatic hydroxyl groups is 1. The number of aryl methyl sites for hydroxylation is 3. The standard InChI is InChI=1S/C19H21F3N2O4.C8H9Cl/c1-4-14-16-11(8-12(25)9-15(16)27-3)5-6-24(14)18(26)23-13-7-10(2)28-17(13)19(20,21)22;1-6-3-7(2)5-8(9)4-6/h7-9,14,25H,4-6H2,1-3H3,(H,23,26);3-5H,1-2H3. The molecule has 0 bridgehead atoms. The molecule has 2 amide bonds. The van der Waals surface area contributed by atoms with Gasteiger partial charge in [-0.3, -0.25) is 0 Å². The van der Waals surface area contributed by atoms with E-state index in [1.165, 1.54) is 36.1 Å². The van der Waals surface area contributed by atoms with Crippen molar-refractivity contribution in [1.29, 1.82) is 0 Å². The summed E-state index contributed by atoms with van der Waals surface area (Å²) in [7, 11) is 1.46. The Labute approximate surface area is 219 Å². The van der Waals surface area contributed by atoms with E-state index in [2.05, 4.69) is 11.4 Å². The van der Waals surface area contributed by atoms with Crippen LogP contribution < -0.4 is 10.1 Å². The summed E-state index contributed by atoms with van der Waals surface area (Å²) in [5, 5.41) is 13.0. The van der Waals surface area contributed by atoms with E-state index >= 15 is 0 Å². The average molecular weight is 539 g/mol. The highest BCUT2D eigenvalue weighted by atomic mass is 35.5. The van der Waals surface area contributed by atoms with Crippen LogP contribution in [0.3, 0.4) is 0 Å². The van der Waals surface area contributed by atoms with Crippen LogP contribution in [0, 0.1) is 20.8 Å². The normalized spacial score (nSPS) is 14.9. The zero-order valence-electron chi connectivity index (χ0n) is 21.3. The van der Waals surface area contributed by atoms with Crippen molar-refractivity contribution in [2.75, 3.05) is 19.0 Å². The van der Waals surface area contributed by atoms with E-state index in [9.17, 15) is 23.1 Å². The fraction of sp³-hybridized carbons (Fsp3) is 0.370. The summed E-state index contributed by atoms with van der Waals surface area (Å²) < 4.78 is 49.5. The van der Waals surface area contributed by atoms with Gasteiger partial charge < -0.3 is 24.5 Å². The zero-order chi connectivity index (χ0) is 27.5. The van der Waals surface area contributed by atoms with E-state index < -0.39 is 29.7 Å². The Bertz CT molecular complexity index is 1210. The lowest BCUT2D eigenvalue weighted by Gasteiger charge is -2.37. The highest BCUT2D eigenvalue weighted by molar-refractivity contribution is 6.30. The first-order valence-electron chi connectivity index (χ1n) is 11.7. The van der Waals surface area contributed by atoms with Gasteiger partial charge in [-0.05, 0) is 68.5 Å². The molecule has 2 aromatic carbocycles. The lowest BCUT2D eigenvalue weighted by Crippen LogP contribution is -2.42. The van der Waals surface area contributed by atoms with Crippen LogP contribution in [0.5, 0.6) is 11.5 Å². The molecule has 2 heterocycles. The summed E-state index contributed by atoms with van der Waals surface area (Å²) in [6, 6.07) is 9.19. The number of anilines is 1. The molecule has 1 aromatic heterocycles. The van der Waals surface area contributed by atoms with Gasteiger partial charge in [-0.25, -0.2) is 4.79 Å². The number of amides is 2. The lowest BCUT2D eigenvalue weighted by molar-refractivity contribution is -0.152. The molecule has 0 radical (unpaired) electrons. The third-order valence-corrected chi connectivity index (χ3v) is 6.17.